The van der Waals surface area contributed by atoms with Crippen molar-refractivity contribution in [2.45, 2.75) is 0 Å². The van der Waals surface area contributed by atoms with Crippen LogP contribution in [0.25, 0.3) is 104 Å². The highest BCUT2D eigenvalue weighted by Gasteiger charge is 2.21. The second-order valence-corrected chi connectivity index (χ2v) is 13.8. The van der Waals surface area contributed by atoms with Gasteiger partial charge >= 0.3 is 0 Å². The van der Waals surface area contributed by atoms with Crippen LogP contribution in [0.4, 0.5) is 0 Å². The van der Waals surface area contributed by atoms with Crippen LogP contribution in [0.5, 0.6) is 0 Å². The molecule has 4 aromatic heterocycles. The van der Waals surface area contributed by atoms with Gasteiger partial charge in [-0.2, -0.15) is 0 Å². The lowest BCUT2D eigenvalue weighted by Gasteiger charge is -2.09. The van der Waals surface area contributed by atoms with Gasteiger partial charge in [-0.15, -0.1) is 11.3 Å². The van der Waals surface area contributed by atoms with Crippen molar-refractivity contribution < 1.29 is 4.42 Å². The van der Waals surface area contributed by atoms with E-state index in [1.165, 1.54) is 42.0 Å². The van der Waals surface area contributed by atoms with E-state index >= 15 is 0 Å². The molecule has 0 radical (unpaired) electrons. The highest BCUT2D eigenvalue weighted by molar-refractivity contribution is 7.26. The first-order valence-corrected chi connectivity index (χ1v) is 17.8. The van der Waals surface area contributed by atoms with Crippen LogP contribution in [-0.4, -0.2) is 19.5 Å². The first kappa shape index (κ1) is 28.2. The Morgan fingerprint density at radius 2 is 1.12 bits per heavy atom. The third-order valence-corrected chi connectivity index (χ3v) is 11.1. The summed E-state index contributed by atoms with van der Waals surface area (Å²) in [6.45, 7) is 0. The molecule has 0 unspecified atom stereocenters. The molecule has 7 aromatic carbocycles. The van der Waals surface area contributed by atoms with Crippen LogP contribution >= 0.6 is 11.3 Å². The van der Waals surface area contributed by atoms with Gasteiger partial charge in [0.25, 0.3) is 0 Å². The zero-order valence-electron chi connectivity index (χ0n) is 27.1. The molecule has 0 saturated heterocycles. The van der Waals surface area contributed by atoms with Gasteiger partial charge in [-0.3, -0.25) is 0 Å². The number of nitrogens with zero attached hydrogens (tertiary/aromatic N) is 4. The Hall–Kier alpha value is -6.63. The fraction of sp³-hybridized carbons (Fsp3) is 0. The van der Waals surface area contributed by atoms with Crippen LogP contribution in [0.3, 0.4) is 0 Å². The number of hydrogen-bond donors (Lipinski definition) is 0. The Morgan fingerprint density at radius 1 is 0.471 bits per heavy atom. The molecule has 0 saturated carbocycles. The molecule has 6 heteroatoms. The SMILES string of the molecule is c1ccc(-c2nc(-c3ccccc3)nc(-c3cccc4c3oc3ccc(-n5c6ccccc6c6ccc7c8ccccc8sc7c65)cc34)n2)cc1. The molecule has 51 heavy (non-hydrogen) atoms. The highest BCUT2D eigenvalue weighted by Crippen LogP contribution is 2.44. The lowest BCUT2D eigenvalue weighted by atomic mass is 10.1. The molecule has 0 aliphatic rings. The van der Waals surface area contributed by atoms with Gasteiger partial charge in [-0.05, 0) is 36.4 Å². The summed E-state index contributed by atoms with van der Waals surface area (Å²) in [5.74, 6) is 1.81. The normalized spacial score (nSPS) is 11.9. The maximum Gasteiger partial charge on any atom is 0.167 e. The summed E-state index contributed by atoms with van der Waals surface area (Å²) in [6.07, 6.45) is 0. The van der Waals surface area contributed by atoms with E-state index in [-0.39, 0.29) is 0 Å². The molecule has 0 spiro atoms. The summed E-state index contributed by atoms with van der Waals surface area (Å²) < 4.78 is 11.7. The number of benzene rings is 7. The summed E-state index contributed by atoms with van der Waals surface area (Å²) in [5.41, 5.74) is 7.75. The highest BCUT2D eigenvalue weighted by atomic mass is 32.1. The van der Waals surface area contributed by atoms with Gasteiger partial charge in [0.05, 0.1) is 21.3 Å². The maximum atomic E-state index is 6.68. The number of aromatic nitrogens is 4. The Kier molecular flexibility index (Phi) is 6.05. The number of rotatable bonds is 4. The predicted octanol–water partition coefficient (Wildman–Crippen LogP) is 12.2. The Labute approximate surface area is 295 Å². The van der Waals surface area contributed by atoms with Crippen molar-refractivity contribution in [3.63, 3.8) is 0 Å². The summed E-state index contributed by atoms with van der Waals surface area (Å²) in [6, 6.07) is 54.8. The lowest BCUT2D eigenvalue weighted by Crippen LogP contribution is -2.00. The topological polar surface area (TPSA) is 56.7 Å². The molecule has 0 fully saturated rings. The van der Waals surface area contributed by atoms with Crippen molar-refractivity contribution in [1.29, 1.82) is 0 Å². The van der Waals surface area contributed by atoms with Crippen molar-refractivity contribution in [2.24, 2.45) is 0 Å². The molecule has 5 nitrogen and oxygen atoms in total. The zero-order valence-corrected chi connectivity index (χ0v) is 27.9. The second kappa shape index (κ2) is 10.9. The third-order valence-electron chi connectivity index (χ3n) is 9.86. The minimum atomic E-state index is 0.571. The minimum absolute atomic E-state index is 0.571. The van der Waals surface area contributed by atoms with Gasteiger partial charge in [-0.25, -0.2) is 15.0 Å². The summed E-state index contributed by atoms with van der Waals surface area (Å²) in [7, 11) is 0. The molecule has 0 atom stereocenters. The molecule has 4 heterocycles. The Bertz CT molecular complexity index is 3080. The second-order valence-electron chi connectivity index (χ2n) is 12.8. The zero-order chi connectivity index (χ0) is 33.5. The Morgan fingerprint density at radius 3 is 1.90 bits per heavy atom. The molecule has 0 amide bonds. The molecule has 11 aromatic rings. The van der Waals surface area contributed by atoms with Gasteiger partial charge in [0, 0.05) is 53.8 Å². The van der Waals surface area contributed by atoms with Gasteiger partial charge < -0.3 is 8.98 Å². The average Bonchev–Trinajstić information content (AvgIpc) is 3.88. The van der Waals surface area contributed by atoms with E-state index in [1.54, 1.807) is 0 Å². The smallest absolute Gasteiger partial charge is 0.167 e. The van der Waals surface area contributed by atoms with E-state index in [0.29, 0.717) is 17.5 Å². The lowest BCUT2D eigenvalue weighted by molar-refractivity contribution is 0.669. The fourth-order valence-corrected chi connectivity index (χ4v) is 8.77. The van der Waals surface area contributed by atoms with Crippen molar-refractivity contribution in [1.82, 2.24) is 19.5 Å². The van der Waals surface area contributed by atoms with Crippen LogP contribution in [0.15, 0.2) is 162 Å². The summed E-state index contributed by atoms with van der Waals surface area (Å²) in [4.78, 5) is 14.9. The van der Waals surface area contributed by atoms with E-state index in [1.807, 2.05) is 78.1 Å². The summed E-state index contributed by atoms with van der Waals surface area (Å²) >= 11 is 1.86. The molecule has 0 N–H and O–H groups in total. The number of fused-ring (bicyclic) bond motifs is 10. The molecule has 0 aliphatic carbocycles. The van der Waals surface area contributed by atoms with Gasteiger partial charge in [0.1, 0.15) is 11.2 Å². The van der Waals surface area contributed by atoms with Crippen molar-refractivity contribution in [3.05, 3.63) is 158 Å². The largest absolute Gasteiger partial charge is 0.455 e. The average molecular weight is 671 g/mol. The monoisotopic (exact) mass is 670 g/mol. The van der Waals surface area contributed by atoms with Crippen molar-refractivity contribution in [2.75, 3.05) is 0 Å². The van der Waals surface area contributed by atoms with Gasteiger partial charge in [-0.1, -0.05) is 121 Å². The van der Waals surface area contributed by atoms with Crippen LogP contribution < -0.4 is 0 Å². The molecular formula is C45H26N4OS. The van der Waals surface area contributed by atoms with E-state index in [0.717, 1.165) is 44.3 Å². The van der Waals surface area contributed by atoms with Crippen LogP contribution in [-0.2, 0) is 0 Å². The number of thiophene rings is 1. The van der Waals surface area contributed by atoms with Crippen molar-refractivity contribution in [3.8, 4) is 39.9 Å². The van der Waals surface area contributed by atoms with Crippen LogP contribution in [0.1, 0.15) is 0 Å². The maximum absolute atomic E-state index is 6.68. The van der Waals surface area contributed by atoms with Crippen molar-refractivity contribution >= 4 is 75.3 Å². The molecule has 0 aliphatic heterocycles. The van der Waals surface area contributed by atoms with Gasteiger partial charge in [0.2, 0.25) is 0 Å². The first-order valence-electron chi connectivity index (χ1n) is 16.9. The van der Waals surface area contributed by atoms with E-state index in [2.05, 4.69) is 95.6 Å². The third kappa shape index (κ3) is 4.30. The van der Waals surface area contributed by atoms with E-state index in [4.69, 9.17) is 19.4 Å². The van der Waals surface area contributed by atoms with Gasteiger partial charge in [0.15, 0.2) is 17.5 Å². The van der Waals surface area contributed by atoms with E-state index < -0.39 is 0 Å². The molecule has 11 rings (SSSR count). The quantitative estimate of drug-likeness (QED) is 0.187. The standard InChI is InChI=1S/C45H26N4OS/c1-3-12-27(13-4-1)43-46-44(28-14-5-2-6-15-28)48-45(47-43)35-19-11-18-33-36-26-29(22-25-38(36)50-41(33)35)49-37-20-9-7-16-30(37)32-23-24-34-31-17-8-10-21-39(31)51-42(34)40(32)49/h1-26H. The molecule has 238 valence electrons. The minimum Gasteiger partial charge on any atom is -0.455 e. The number of para-hydroxylation sites is 2. The summed E-state index contributed by atoms with van der Waals surface area (Å²) in [5, 5.41) is 7.13. The number of furan rings is 1. The first-order chi connectivity index (χ1) is 25.3. The van der Waals surface area contributed by atoms with E-state index in [9.17, 15) is 0 Å². The molecule has 0 bridgehead atoms. The molecular weight excluding hydrogens is 645 g/mol. The van der Waals surface area contributed by atoms with Crippen LogP contribution in [0.2, 0.25) is 0 Å². The Balaban J connectivity index is 1.15. The fourth-order valence-electron chi connectivity index (χ4n) is 7.53. The van der Waals surface area contributed by atoms with Crippen LogP contribution in [0, 0.1) is 0 Å². The predicted molar refractivity (Wildman–Crippen MR) is 211 cm³/mol. The number of hydrogen-bond acceptors (Lipinski definition) is 5.